The van der Waals surface area contributed by atoms with Crippen LogP contribution < -0.4 is 10.0 Å². The number of carbonyl (C=O) groups is 1. The lowest BCUT2D eigenvalue weighted by Crippen LogP contribution is -2.27. The van der Waals surface area contributed by atoms with Crippen LogP contribution in [0, 0.1) is 6.92 Å². The van der Waals surface area contributed by atoms with Gasteiger partial charge >= 0.3 is 0 Å². The molecule has 0 aliphatic carbocycles. The number of aryl methyl sites for hydroxylation is 1. The molecule has 0 bridgehead atoms. The molecule has 0 radical (unpaired) electrons. The third-order valence-electron chi connectivity index (χ3n) is 4.17. The number of rotatable bonds is 12. The van der Waals surface area contributed by atoms with E-state index >= 15 is 0 Å². The van der Waals surface area contributed by atoms with Gasteiger partial charge in [0.25, 0.3) is 5.91 Å². The molecule has 0 fully saturated rings. The predicted molar refractivity (Wildman–Crippen MR) is 107 cm³/mol. The lowest BCUT2D eigenvalue weighted by Gasteiger charge is -2.11. The maximum Gasteiger partial charge on any atom is 0.251 e. The molecule has 0 unspecified atom stereocenters. The second kappa shape index (κ2) is 11.0. The van der Waals surface area contributed by atoms with Gasteiger partial charge in [-0.05, 0) is 49.6 Å². The van der Waals surface area contributed by atoms with Gasteiger partial charge in [-0.15, -0.1) is 0 Å². The van der Waals surface area contributed by atoms with Crippen LogP contribution in [0.4, 0.5) is 0 Å². The standard InChI is InChI=1S/C20H28N2O5S/c1-3-4-11-26-12-6-10-21-20(23)19-14-18(9-8-16(19)2)28(24,25)22-15-17-7-5-13-27-17/h5,7-9,13-14,22H,3-4,6,10-12,15H2,1-2H3,(H,21,23). The van der Waals surface area contributed by atoms with E-state index in [9.17, 15) is 13.2 Å². The van der Waals surface area contributed by atoms with Crippen LogP contribution in [0.3, 0.4) is 0 Å². The Morgan fingerprint density at radius 3 is 2.68 bits per heavy atom. The van der Waals surface area contributed by atoms with Crippen LogP contribution in [0.25, 0.3) is 0 Å². The Kier molecular flexibility index (Phi) is 8.69. The highest BCUT2D eigenvalue weighted by atomic mass is 32.2. The van der Waals surface area contributed by atoms with Crippen molar-refractivity contribution in [3.05, 3.63) is 53.5 Å². The van der Waals surface area contributed by atoms with Crippen molar-refractivity contribution in [2.45, 2.75) is 44.6 Å². The number of nitrogens with one attached hydrogen (secondary N) is 2. The minimum absolute atomic E-state index is 0.0395. The Morgan fingerprint density at radius 2 is 1.96 bits per heavy atom. The zero-order chi connectivity index (χ0) is 20.4. The number of amides is 1. The van der Waals surface area contributed by atoms with E-state index < -0.39 is 10.0 Å². The molecule has 0 saturated carbocycles. The fraction of sp³-hybridized carbons (Fsp3) is 0.450. The highest BCUT2D eigenvalue weighted by molar-refractivity contribution is 7.89. The lowest BCUT2D eigenvalue weighted by atomic mass is 10.1. The Balaban J connectivity index is 1.93. The van der Waals surface area contributed by atoms with Gasteiger partial charge in [0.05, 0.1) is 17.7 Å². The average molecular weight is 409 g/mol. The fourth-order valence-corrected chi connectivity index (χ4v) is 3.51. The summed E-state index contributed by atoms with van der Waals surface area (Å²) in [5.41, 5.74) is 1.05. The van der Waals surface area contributed by atoms with Crippen molar-refractivity contribution in [3.8, 4) is 0 Å². The number of furan rings is 1. The molecule has 154 valence electrons. The molecule has 7 nitrogen and oxygen atoms in total. The number of hydrogen-bond acceptors (Lipinski definition) is 5. The van der Waals surface area contributed by atoms with Crippen LogP contribution >= 0.6 is 0 Å². The average Bonchev–Trinajstić information content (AvgIpc) is 3.19. The first-order chi connectivity index (χ1) is 13.4. The predicted octanol–water partition coefficient (Wildman–Crippen LogP) is 3.00. The lowest BCUT2D eigenvalue weighted by molar-refractivity contribution is 0.0939. The van der Waals surface area contributed by atoms with E-state index in [1.54, 1.807) is 25.1 Å². The van der Waals surface area contributed by atoms with Crippen LogP contribution in [0.2, 0.25) is 0 Å². The summed E-state index contributed by atoms with van der Waals surface area (Å²) in [6, 6.07) is 7.88. The summed E-state index contributed by atoms with van der Waals surface area (Å²) in [6.45, 7) is 5.71. The van der Waals surface area contributed by atoms with Crippen molar-refractivity contribution in [2.24, 2.45) is 0 Å². The molecule has 1 aromatic heterocycles. The molecule has 0 atom stereocenters. The van der Waals surface area contributed by atoms with Crippen LogP contribution in [0.5, 0.6) is 0 Å². The first kappa shape index (κ1) is 22.1. The molecule has 8 heteroatoms. The van der Waals surface area contributed by atoms with Gasteiger partial charge in [0.15, 0.2) is 0 Å². The number of carbonyl (C=O) groups excluding carboxylic acids is 1. The first-order valence-electron chi connectivity index (χ1n) is 9.42. The van der Waals surface area contributed by atoms with Crippen LogP contribution in [0.1, 0.15) is 47.9 Å². The van der Waals surface area contributed by atoms with Gasteiger partial charge in [-0.25, -0.2) is 13.1 Å². The van der Waals surface area contributed by atoms with Gasteiger partial charge < -0.3 is 14.5 Å². The van der Waals surface area contributed by atoms with Crippen molar-refractivity contribution >= 4 is 15.9 Å². The summed E-state index contributed by atoms with van der Waals surface area (Å²) in [5, 5.41) is 2.81. The molecule has 0 aliphatic rings. The topological polar surface area (TPSA) is 97.6 Å². The van der Waals surface area contributed by atoms with Gasteiger partial charge in [0.2, 0.25) is 10.0 Å². The van der Waals surface area contributed by atoms with E-state index in [1.807, 2.05) is 0 Å². The molecule has 1 amide bonds. The fourth-order valence-electron chi connectivity index (χ4n) is 2.50. The monoisotopic (exact) mass is 408 g/mol. The highest BCUT2D eigenvalue weighted by Crippen LogP contribution is 2.16. The van der Waals surface area contributed by atoms with E-state index in [0.29, 0.717) is 36.5 Å². The van der Waals surface area contributed by atoms with Crippen molar-refractivity contribution < 1.29 is 22.4 Å². The molecule has 1 heterocycles. The Morgan fingerprint density at radius 1 is 1.18 bits per heavy atom. The van der Waals surface area contributed by atoms with Crippen molar-refractivity contribution in [2.75, 3.05) is 19.8 Å². The van der Waals surface area contributed by atoms with E-state index in [0.717, 1.165) is 19.4 Å². The second-order valence-corrected chi connectivity index (χ2v) is 8.22. The molecule has 1 aromatic carbocycles. The molecule has 0 spiro atoms. The van der Waals surface area contributed by atoms with Gasteiger partial charge in [0, 0.05) is 25.3 Å². The Bertz CT molecular complexity index is 847. The van der Waals surface area contributed by atoms with Gasteiger partial charge in [0.1, 0.15) is 5.76 Å². The summed E-state index contributed by atoms with van der Waals surface area (Å²) in [5.74, 6) is 0.212. The third-order valence-corrected chi connectivity index (χ3v) is 5.57. The first-order valence-corrected chi connectivity index (χ1v) is 10.9. The smallest absolute Gasteiger partial charge is 0.251 e. The second-order valence-electron chi connectivity index (χ2n) is 6.46. The van der Waals surface area contributed by atoms with E-state index in [2.05, 4.69) is 17.0 Å². The minimum Gasteiger partial charge on any atom is -0.468 e. The molecule has 0 saturated heterocycles. The van der Waals surface area contributed by atoms with E-state index in [4.69, 9.17) is 9.15 Å². The van der Waals surface area contributed by atoms with Crippen LogP contribution in [0.15, 0.2) is 45.9 Å². The van der Waals surface area contributed by atoms with Crippen molar-refractivity contribution in [3.63, 3.8) is 0 Å². The Labute approximate surface area is 166 Å². The maximum atomic E-state index is 12.5. The molecule has 2 rings (SSSR count). The van der Waals surface area contributed by atoms with Gasteiger partial charge in [-0.1, -0.05) is 19.4 Å². The zero-order valence-corrected chi connectivity index (χ0v) is 17.2. The molecule has 2 N–H and O–H groups in total. The Hall–Kier alpha value is -2.16. The van der Waals surface area contributed by atoms with Crippen LogP contribution in [-0.4, -0.2) is 34.1 Å². The highest BCUT2D eigenvalue weighted by Gasteiger charge is 2.18. The normalized spacial score (nSPS) is 11.5. The van der Waals surface area contributed by atoms with E-state index in [1.165, 1.54) is 18.4 Å². The van der Waals surface area contributed by atoms with E-state index in [-0.39, 0.29) is 17.3 Å². The summed E-state index contributed by atoms with van der Waals surface area (Å²) >= 11 is 0. The molecule has 28 heavy (non-hydrogen) atoms. The number of unbranched alkanes of at least 4 members (excludes halogenated alkanes) is 1. The molecular weight excluding hydrogens is 380 g/mol. The number of benzene rings is 1. The quantitative estimate of drug-likeness (QED) is 0.526. The largest absolute Gasteiger partial charge is 0.468 e. The zero-order valence-electron chi connectivity index (χ0n) is 16.4. The number of sulfonamides is 1. The number of ether oxygens (including phenoxy) is 1. The summed E-state index contributed by atoms with van der Waals surface area (Å²) in [7, 11) is -3.76. The van der Waals surface area contributed by atoms with Crippen molar-refractivity contribution in [1.29, 1.82) is 0 Å². The maximum absolute atomic E-state index is 12.5. The molecule has 0 aliphatic heterocycles. The SMILES string of the molecule is CCCCOCCCNC(=O)c1cc(S(=O)(=O)NCc2ccco2)ccc1C. The van der Waals surface area contributed by atoms with Gasteiger partial charge in [-0.2, -0.15) is 0 Å². The van der Waals surface area contributed by atoms with Gasteiger partial charge in [-0.3, -0.25) is 4.79 Å². The third kappa shape index (κ3) is 6.78. The molecular formula is C20H28N2O5S. The summed E-state index contributed by atoms with van der Waals surface area (Å²) in [4.78, 5) is 12.5. The summed E-state index contributed by atoms with van der Waals surface area (Å²) in [6.07, 6.45) is 4.30. The van der Waals surface area contributed by atoms with Crippen LogP contribution in [-0.2, 0) is 21.3 Å². The van der Waals surface area contributed by atoms with Crippen molar-refractivity contribution in [1.82, 2.24) is 10.0 Å². The minimum atomic E-state index is -3.76. The summed E-state index contributed by atoms with van der Waals surface area (Å²) < 4.78 is 38.1. The molecule has 2 aromatic rings. The number of hydrogen-bond donors (Lipinski definition) is 2.